The molecule has 106 valence electrons. The summed E-state index contributed by atoms with van der Waals surface area (Å²) in [5.74, 6) is -0.376. The van der Waals surface area contributed by atoms with Crippen molar-refractivity contribution in [3.05, 3.63) is 44.7 Å². The van der Waals surface area contributed by atoms with E-state index in [4.69, 9.17) is 17.0 Å². The van der Waals surface area contributed by atoms with Crippen LogP contribution in [0.1, 0.15) is 17.8 Å². The standard InChI is InChI=1S/C13H13BrN2O2S2/c1-3-4-18-12(17)10-7(2)15-13(19)16-11(10)9-5-8(14)6-20-9/h3,5-6,11H,1,4H2,2H3,(H2,15,16,19)/t11-/m1/s1. The molecule has 0 saturated heterocycles. The van der Waals surface area contributed by atoms with Crippen LogP contribution in [0, 0.1) is 0 Å². The van der Waals surface area contributed by atoms with E-state index in [-0.39, 0.29) is 18.6 Å². The Morgan fingerprint density at radius 2 is 2.45 bits per heavy atom. The molecule has 0 fully saturated rings. The van der Waals surface area contributed by atoms with E-state index >= 15 is 0 Å². The van der Waals surface area contributed by atoms with Gasteiger partial charge < -0.3 is 15.4 Å². The van der Waals surface area contributed by atoms with Gasteiger partial charge in [0.25, 0.3) is 0 Å². The molecule has 2 rings (SSSR count). The van der Waals surface area contributed by atoms with E-state index in [1.165, 1.54) is 0 Å². The topological polar surface area (TPSA) is 50.4 Å². The van der Waals surface area contributed by atoms with Crippen LogP contribution in [0.4, 0.5) is 0 Å². The van der Waals surface area contributed by atoms with Crippen LogP contribution in [0.15, 0.2) is 39.8 Å². The Kier molecular flexibility index (Phi) is 4.95. The summed E-state index contributed by atoms with van der Waals surface area (Å²) < 4.78 is 6.12. The number of ether oxygens (including phenoxy) is 1. The Hall–Kier alpha value is -1.18. The zero-order valence-electron chi connectivity index (χ0n) is 10.7. The smallest absolute Gasteiger partial charge is 0.338 e. The molecule has 1 aromatic rings. The van der Waals surface area contributed by atoms with Crippen molar-refractivity contribution in [3.63, 3.8) is 0 Å². The normalized spacial score (nSPS) is 18.3. The van der Waals surface area contributed by atoms with Gasteiger partial charge in [-0.2, -0.15) is 0 Å². The number of thiophene rings is 1. The van der Waals surface area contributed by atoms with E-state index in [1.54, 1.807) is 17.4 Å². The molecule has 20 heavy (non-hydrogen) atoms. The van der Waals surface area contributed by atoms with Gasteiger partial charge in [0.05, 0.1) is 11.6 Å². The highest BCUT2D eigenvalue weighted by molar-refractivity contribution is 9.10. The van der Waals surface area contributed by atoms with E-state index in [0.717, 1.165) is 9.35 Å². The van der Waals surface area contributed by atoms with Crippen molar-refractivity contribution in [1.29, 1.82) is 0 Å². The van der Waals surface area contributed by atoms with Crippen LogP contribution < -0.4 is 10.6 Å². The maximum Gasteiger partial charge on any atom is 0.338 e. The highest BCUT2D eigenvalue weighted by Gasteiger charge is 2.31. The fourth-order valence-electron chi connectivity index (χ4n) is 1.87. The summed E-state index contributed by atoms with van der Waals surface area (Å²) >= 11 is 10.1. The molecule has 0 unspecified atom stereocenters. The first-order chi connectivity index (χ1) is 9.52. The lowest BCUT2D eigenvalue weighted by Crippen LogP contribution is -2.44. The minimum Gasteiger partial charge on any atom is -0.458 e. The summed E-state index contributed by atoms with van der Waals surface area (Å²) in [7, 11) is 0. The molecular weight excluding hydrogens is 360 g/mol. The van der Waals surface area contributed by atoms with Crippen molar-refractivity contribution in [2.75, 3.05) is 6.61 Å². The van der Waals surface area contributed by atoms with E-state index in [1.807, 2.05) is 18.4 Å². The molecule has 0 amide bonds. The van der Waals surface area contributed by atoms with Gasteiger partial charge in [0.2, 0.25) is 0 Å². The lowest BCUT2D eigenvalue weighted by atomic mass is 10.0. The highest BCUT2D eigenvalue weighted by atomic mass is 79.9. The summed E-state index contributed by atoms with van der Waals surface area (Å²) in [5, 5.41) is 8.53. The lowest BCUT2D eigenvalue weighted by molar-refractivity contribution is -0.138. The fraction of sp³-hybridized carbons (Fsp3) is 0.231. The number of halogens is 1. The van der Waals surface area contributed by atoms with Gasteiger partial charge in [0.15, 0.2) is 5.11 Å². The molecule has 1 aliphatic heterocycles. The zero-order chi connectivity index (χ0) is 14.7. The number of rotatable bonds is 4. The van der Waals surface area contributed by atoms with Gasteiger partial charge in [-0.15, -0.1) is 11.3 Å². The molecule has 0 spiro atoms. The maximum absolute atomic E-state index is 12.2. The van der Waals surface area contributed by atoms with E-state index in [2.05, 4.69) is 33.1 Å². The Balaban J connectivity index is 2.36. The van der Waals surface area contributed by atoms with E-state index < -0.39 is 0 Å². The number of nitrogens with one attached hydrogen (secondary N) is 2. The quantitative estimate of drug-likeness (QED) is 0.483. The van der Waals surface area contributed by atoms with Gasteiger partial charge in [-0.1, -0.05) is 12.7 Å². The fourth-order valence-corrected chi connectivity index (χ4v) is 3.64. The first-order valence-electron chi connectivity index (χ1n) is 5.83. The van der Waals surface area contributed by atoms with Crippen LogP contribution in [0.25, 0.3) is 0 Å². The van der Waals surface area contributed by atoms with Crippen molar-refractivity contribution >= 4 is 50.6 Å². The number of hydrogen-bond acceptors (Lipinski definition) is 4. The molecule has 1 atom stereocenters. The predicted molar refractivity (Wildman–Crippen MR) is 87.5 cm³/mol. The predicted octanol–water partition coefficient (Wildman–Crippen LogP) is 3.03. The Morgan fingerprint density at radius 3 is 3.05 bits per heavy atom. The molecular formula is C13H13BrN2O2S2. The number of carbonyl (C=O) groups is 1. The molecule has 0 aromatic carbocycles. The SMILES string of the molecule is C=CCOC(=O)C1=C(C)NC(=S)N[C@@H]1c1cc(Br)cs1. The van der Waals surface area contributed by atoms with Crippen molar-refractivity contribution in [1.82, 2.24) is 10.6 Å². The van der Waals surface area contributed by atoms with Crippen LogP contribution in [0.5, 0.6) is 0 Å². The van der Waals surface area contributed by atoms with Crippen molar-refractivity contribution in [2.45, 2.75) is 13.0 Å². The summed E-state index contributed by atoms with van der Waals surface area (Å²) in [5.41, 5.74) is 1.24. The van der Waals surface area contributed by atoms with Gasteiger partial charge in [0.1, 0.15) is 6.61 Å². The van der Waals surface area contributed by atoms with Gasteiger partial charge in [-0.25, -0.2) is 4.79 Å². The number of esters is 1. The second-order valence-electron chi connectivity index (χ2n) is 4.12. The molecule has 7 heteroatoms. The van der Waals surface area contributed by atoms with Crippen LogP contribution >= 0.6 is 39.5 Å². The Morgan fingerprint density at radius 1 is 1.70 bits per heavy atom. The number of allylic oxidation sites excluding steroid dienone is 1. The number of hydrogen-bond donors (Lipinski definition) is 2. The molecule has 0 aliphatic carbocycles. The first-order valence-corrected chi connectivity index (χ1v) is 7.91. The van der Waals surface area contributed by atoms with E-state index in [0.29, 0.717) is 16.4 Å². The minimum absolute atomic E-state index is 0.181. The Bertz CT molecular complexity index is 595. The summed E-state index contributed by atoms with van der Waals surface area (Å²) in [6.45, 7) is 5.53. The van der Waals surface area contributed by atoms with Crippen LogP contribution in [0.3, 0.4) is 0 Å². The van der Waals surface area contributed by atoms with E-state index in [9.17, 15) is 4.79 Å². The average molecular weight is 373 g/mol. The average Bonchev–Trinajstić information content (AvgIpc) is 2.81. The first kappa shape index (κ1) is 15.2. The number of thiocarbonyl (C=S) groups is 1. The maximum atomic E-state index is 12.2. The molecule has 0 bridgehead atoms. The van der Waals surface area contributed by atoms with Crippen LogP contribution in [-0.2, 0) is 9.53 Å². The van der Waals surface area contributed by atoms with Gasteiger partial charge in [0, 0.05) is 20.4 Å². The lowest BCUT2D eigenvalue weighted by Gasteiger charge is -2.28. The minimum atomic E-state index is -0.376. The second kappa shape index (κ2) is 6.51. The number of carbonyl (C=O) groups excluding carboxylic acids is 1. The summed E-state index contributed by atoms with van der Waals surface area (Å²) in [6.07, 6.45) is 1.54. The molecule has 1 aromatic heterocycles. The molecule has 4 nitrogen and oxygen atoms in total. The molecule has 1 aliphatic rings. The molecule has 0 saturated carbocycles. The summed E-state index contributed by atoms with van der Waals surface area (Å²) in [4.78, 5) is 13.2. The van der Waals surface area contributed by atoms with Gasteiger partial charge in [-0.05, 0) is 41.1 Å². The van der Waals surface area contributed by atoms with Gasteiger partial charge >= 0.3 is 5.97 Å². The highest BCUT2D eigenvalue weighted by Crippen LogP contribution is 2.33. The van der Waals surface area contributed by atoms with Gasteiger partial charge in [-0.3, -0.25) is 0 Å². The van der Waals surface area contributed by atoms with Crippen LogP contribution in [-0.4, -0.2) is 17.7 Å². The molecule has 2 heterocycles. The third-order valence-corrected chi connectivity index (χ3v) is 4.67. The monoisotopic (exact) mass is 372 g/mol. The summed E-state index contributed by atoms with van der Waals surface area (Å²) in [6, 6.07) is 1.67. The van der Waals surface area contributed by atoms with Crippen molar-refractivity contribution in [3.8, 4) is 0 Å². The largest absolute Gasteiger partial charge is 0.458 e. The van der Waals surface area contributed by atoms with Crippen molar-refractivity contribution < 1.29 is 9.53 Å². The molecule has 2 N–H and O–H groups in total. The second-order valence-corrected chi connectivity index (χ2v) is 6.39. The third-order valence-electron chi connectivity index (χ3n) is 2.69. The third kappa shape index (κ3) is 3.28. The zero-order valence-corrected chi connectivity index (χ0v) is 14.0. The van der Waals surface area contributed by atoms with Crippen molar-refractivity contribution in [2.24, 2.45) is 0 Å². The Labute approximate surface area is 135 Å². The van der Waals surface area contributed by atoms with Crippen LogP contribution in [0.2, 0.25) is 0 Å². The molecule has 0 radical (unpaired) electrons.